The zero-order valence-electron chi connectivity index (χ0n) is 10.4. The third-order valence-corrected chi connectivity index (χ3v) is 2.85. The van der Waals surface area contributed by atoms with Crippen LogP contribution in [0.15, 0.2) is 24.3 Å². The van der Waals surface area contributed by atoms with E-state index in [0.717, 1.165) is 6.42 Å². The van der Waals surface area contributed by atoms with Gasteiger partial charge in [-0.25, -0.2) is 0 Å². The van der Waals surface area contributed by atoms with Gasteiger partial charge >= 0.3 is 6.01 Å². The van der Waals surface area contributed by atoms with Crippen molar-refractivity contribution in [2.24, 2.45) is 0 Å². The highest BCUT2D eigenvalue weighted by molar-refractivity contribution is 6.31. The number of nitrogens with zero attached hydrogens (tertiary/aromatic N) is 3. The van der Waals surface area contributed by atoms with Crippen molar-refractivity contribution in [3.63, 3.8) is 0 Å². The van der Waals surface area contributed by atoms with Gasteiger partial charge in [0, 0.05) is 0 Å². The van der Waals surface area contributed by atoms with E-state index < -0.39 is 0 Å². The quantitative estimate of drug-likeness (QED) is 0.825. The van der Waals surface area contributed by atoms with E-state index in [-0.39, 0.29) is 16.6 Å². The molecule has 0 aliphatic carbocycles. The maximum atomic E-state index is 5.67. The fourth-order valence-corrected chi connectivity index (χ4v) is 1.91. The topological polar surface area (TPSA) is 47.9 Å². The molecule has 0 radical (unpaired) electrons. The molecule has 0 saturated carbocycles. The summed E-state index contributed by atoms with van der Waals surface area (Å²) in [5.41, 5.74) is 1.28. The molecule has 0 bridgehead atoms. The summed E-state index contributed by atoms with van der Waals surface area (Å²) in [4.78, 5) is 11.3. The summed E-state index contributed by atoms with van der Waals surface area (Å²) in [6.45, 7) is 2.17. The van der Waals surface area contributed by atoms with Crippen molar-refractivity contribution in [3.05, 3.63) is 40.4 Å². The van der Waals surface area contributed by atoms with Crippen molar-refractivity contribution in [3.8, 4) is 11.8 Å². The Morgan fingerprint density at radius 1 is 1.00 bits per heavy atom. The molecule has 0 N–H and O–H groups in total. The molecule has 0 atom stereocenters. The summed E-state index contributed by atoms with van der Waals surface area (Å²) < 4.78 is 5.47. The number of hydrogen-bond acceptors (Lipinski definition) is 4. The standard InChI is InChI=1S/C13H13Cl2N3O/c1-2-3-4-9-5-7-10(8-6-9)19-13-17-11(14)16-12(15)18-13/h5-8H,2-4H2,1H3. The Morgan fingerprint density at radius 3 is 2.21 bits per heavy atom. The van der Waals surface area contributed by atoms with E-state index in [1.54, 1.807) is 0 Å². The van der Waals surface area contributed by atoms with Crippen LogP contribution >= 0.6 is 23.2 Å². The maximum Gasteiger partial charge on any atom is 0.327 e. The Kier molecular flexibility index (Phi) is 4.93. The SMILES string of the molecule is CCCCc1ccc(Oc2nc(Cl)nc(Cl)n2)cc1. The summed E-state index contributed by atoms with van der Waals surface area (Å²) in [6.07, 6.45) is 3.43. The Morgan fingerprint density at radius 2 is 1.63 bits per heavy atom. The fraction of sp³-hybridized carbons (Fsp3) is 0.308. The number of benzene rings is 1. The van der Waals surface area contributed by atoms with Crippen molar-refractivity contribution >= 4 is 23.2 Å². The molecule has 4 nitrogen and oxygen atoms in total. The lowest BCUT2D eigenvalue weighted by Gasteiger charge is -2.05. The molecule has 0 amide bonds. The number of aryl methyl sites for hydroxylation is 1. The minimum absolute atomic E-state index is 0.00886. The maximum absolute atomic E-state index is 5.67. The van der Waals surface area contributed by atoms with Gasteiger partial charge in [0.2, 0.25) is 10.6 Å². The van der Waals surface area contributed by atoms with Crippen molar-refractivity contribution in [2.45, 2.75) is 26.2 Å². The first-order valence-corrected chi connectivity index (χ1v) is 6.77. The molecule has 2 aromatic rings. The molecule has 0 aliphatic heterocycles. The molecule has 0 fully saturated rings. The van der Waals surface area contributed by atoms with Crippen LogP contribution in [-0.2, 0) is 6.42 Å². The minimum atomic E-state index is 0.00886. The van der Waals surface area contributed by atoms with Crippen LogP contribution in [0.3, 0.4) is 0 Å². The molecule has 0 unspecified atom stereocenters. The summed E-state index contributed by atoms with van der Waals surface area (Å²) in [5.74, 6) is 0.638. The lowest BCUT2D eigenvalue weighted by Crippen LogP contribution is -1.95. The lowest BCUT2D eigenvalue weighted by atomic mass is 10.1. The second-order valence-electron chi connectivity index (χ2n) is 4.01. The smallest absolute Gasteiger partial charge is 0.327 e. The first-order valence-electron chi connectivity index (χ1n) is 6.01. The number of halogens is 2. The van der Waals surface area contributed by atoms with Gasteiger partial charge in [-0.2, -0.15) is 15.0 Å². The molecule has 0 saturated heterocycles. The number of rotatable bonds is 5. The average molecular weight is 298 g/mol. The molecular formula is C13H13Cl2N3O. The minimum Gasteiger partial charge on any atom is -0.424 e. The van der Waals surface area contributed by atoms with Gasteiger partial charge in [-0.15, -0.1) is 0 Å². The van der Waals surface area contributed by atoms with Crippen molar-refractivity contribution in [1.82, 2.24) is 15.0 Å². The average Bonchev–Trinajstić information content (AvgIpc) is 2.37. The van der Waals surface area contributed by atoms with Crippen LogP contribution in [0.25, 0.3) is 0 Å². The Hall–Kier alpha value is -1.39. The van der Waals surface area contributed by atoms with E-state index >= 15 is 0 Å². The third kappa shape index (κ3) is 4.33. The van der Waals surface area contributed by atoms with E-state index in [1.807, 2.05) is 24.3 Å². The highest BCUT2D eigenvalue weighted by atomic mass is 35.5. The van der Waals surface area contributed by atoms with Gasteiger partial charge < -0.3 is 4.74 Å². The Labute approximate surface area is 121 Å². The fourth-order valence-electron chi connectivity index (χ4n) is 1.57. The van der Waals surface area contributed by atoms with Gasteiger partial charge in [-0.1, -0.05) is 25.5 Å². The number of aromatic nitrogens is 3. The van der Waals surface area contributed by atoms with Crippen LogP contribution in [0, 0.1) is 0 Å². The van der Waals surface area contributed by atoms with Crippen LogP contribution < -0.4 is 4.74 Å². The molecule has 2 rings (SSSR count). The molecule has 6 heteroatoms. The molecule has 0 spiro atoms. The summed E-state index contributed by atoms with van der Waals surface area (Å²) in [7, 11) is 0. The van der Waals surface area contributed by atoms with Gasteiger partial charge in [0.05, 0.1) is 0 Å². The highest BCUT2D eigenvalue weighted by Crippen LogP contribution is 2.20. The van der Waals surface area contributed by atoms with Crippen molar-refractivity contribution in [2.75, 3.05) is 0 Å². The summed E-state index contributed by atoms with van der Waals surface area (Å²) >= 11 is 11.3. The molecule has 1 heterocycles. The molecule has 19 heavy (non-hydrogen) atoms. The first-order chi connectivity index (χ1) is 9.17. The second-order valence-corrected chi connectivity index (χ2v) is 4.68. The van der Waals surface area contributed by atoms with Gasteiger partial charge in [0.15, 0.2) is 0 Å². The molecular weight excluding hydrogens is 285 g/mol. The van der Waals surface area contributed by atoms with Crippen molar-refractivity contribution in [1.29, 1.82) is 0 Å². The summed E-state index contributed by atoms with van der Waals surface area (Å²) in [6, 6.07) is 7.88. The van der Waals surface area contributed by atoms with E-state index in [1.165, 1.54) is 18.4 Å². The van der Waals surface area contributed by atoms with Crippen LogP contribution in [-0.4, -0.2) is 15.0 Å². The lowest BCUT2D eigenvalue weighted by molar-refractivity contribution is 0.439. The monoisotopic (exact) mass is 297 g/mol. The van der Waals surface area contributed by atoms with Gasteiger partial charge in [0.25, 0.3) is 0 Å². The van der Waals surface area contributed by atoms with Gasteiger partial charge in [-0.05, 0) is 53.7 Å². The van der Waals surface area contributed by atoms with E-state index in [4.69, 9.17) is 27.9 Å². The molecule has 1 aromatic carbocycles. The largest absolute Gasteiger partial charge is 0.424 e. The van der Waals surface area contributed by atoms with Gasteiger partial charge in [0.1, 0.15) is 5.75 Å². The van der Waals surface area contributed by atoms with Crippen LogP contribution in [0.2, 0.25) is 10.6 Å². The predicted octanol–water partition coefficient (Wildman–Crippen LogP) is 4.31. The normalized spacial score (nSPS) is 10.5. The predicted molar refractivity (Wildman–Crippen MR) is 75.0 cm³/mol. The zero-order chi connectivity index (χ0) is 13.7. The third-order valence-electron chi connectivity index (χ3n) is 2.51. The van der Waals surface area contributed by atoms with Crippen LogP contribution in [0.5, 0.6) is 11.8 Å². The second kappa shape index (κ2) is 6.68. The zero-order valence-corrected chi connectivity index (χ0v) is 11.9. The van der Waals surface area contributed by atoms with Crippen LogP contribution in [0.1, 0.15) is 25.3 Å². The number of hydrogen-bond donors (Lipinski definition) is 0. The Bertz CT molecular complexity index is 526. The highest BCUT2D eigenvalue weighted by Gasteiger charge is 2.05. The van der Waals surface area contributed by atoms with E-state index in [0.29, 0.717) is 5.75 Å². The molecule has 1 aromatic heterocycles. The molecule has 0 aliphatic rings. The Balaban J connectivity index is 2.06. The van der Waals surface area contributed by atoms with Gasteiger partial charge in [-0.3, -0.25) is 0 Å². The first kappa shape index (κ1) is 14.0. The van der Waals surface area contributed by atoms with E-state index in [2.05, 4.69) is 21.9 Å². The van der Waals surface area contributed by atoms with E-state index in [9.17, 15) is 0 Å². The number of unbranched alkanes of at least 4 members (excludes halogenated alkanes) is 1. The number of ether oxygens (including phenoxy) is 1. The molecule has 100 valence electrons. The van der Waals surface area contributed by atoms with Crippen molar-refractivity contribution < 1.29 is 4.74 Å². The van der Waals surface area contributed by atoms with Crippen LogP contribution in [0.4, 0.5) is 0 Å². The summed E-state index contributed by atoms with van der Waals surface area (Å²) in [5, 5.41) is 0.0177.